The maximum absolute atomic E-state index is 8.88. The van der Waals surface area contributed by atoms with Gasteiger partial charge in [-0.3, -0.25) is 0 Å². The molecule has 0 spiro atoms. The zero-order valence-electron chi connectivity index (χ0n) is 13.2. The molecule has 0 bridgehead atoms. The van der Waals surface area contributed by atoms with Crippen molar-refractivity contribution in [3.63, 3.8) is 0 Å². The molecular formula is C18H31NO. The Morgan fingerprint density at radius 1 is 0.950 bits per heavy atom. The highest BCUT2D eigenvalue weighted by Gasteiger charge is 2.22. The molecule has 2 aliphatic carbocycles. The molecule has 2 aliphatic rings. The molecule has 0 aromatic carbocycles. The number of hydrogen-bond donors (Lipinski definition) is 0. The van der Waals surface area contributed by atoms with Gasteiger partial charge in [0.1, 0.15) is 0 Å². The second-order valence-electron chi connectivity index (χ2n) is 6.91. The maximum atomic E-state index is 8.88. The van der Waals surface area contributed by atoms with E-state index in [4.69, 9.17) is 10.00 Å². The summed E-state index contributed by atoms with van der Waals surface area (Å²) in [4.78, 5) is 0. The van der Waals surface area contributed by atoms with Gasteiger partial charge in [-0.25, -0.2) is 0 Å². The second-order valence-corrected chi connectivity index (χ2v) is 6.91. The Balaban J connectivity index is 1.49. The zero-order valence-corrected chi connectivity index (χ0v) is 13.2. The molecule has 2 nitrogen and oxygen atoms in total. The third-order valence-corrected chi connectivity index (χ3v) is 5.51. The zero-order chi connectivity index (χ0) is 14.2. The monoisotopic (exact) mass is 277 g/mol. The van der Waals surface area contributed by atoms with Gasteiger partial charge in [0, 0.05) is 12.5 Å². The van der Waals surface area contributed by atoms with Gasteiger partial charge in [-0.15, -0.1) is 0 Å². The Kier molecular flexibility index (Phi) is 6.87. The van der Waals surface area contributed by atoms with Crippen LogP contribution in [0.1, 0.15) is 77.6 Å². The molecule has 0 aromatic heterocycles. The van der Waals surface area contributed by atoms with Gasteiger partial charge in [0.05, 0.1) is 12.2 Å². The van der Waals surface area contributed by atoms with Crippen molar-refractivity contribution in [3.05, 3.63) is 0 Å². The Hall–Kier alpha value is -0.550. The molecule has 2 fully saturated rings. The number of rotatable bonds is 6. The number of ether oxygens (including phenoxy) is 1. The Labute approximate surface area is 124 Å². The van der Waals surface area contributed by atoms with Gasteiger partial charge in [0.15, 0.2) is 0 Å². The van der Waals surface area contributed by atoms with Crippen molar-refractivity contribution in [2.24, 2.45) is 17.8 Å². The van der Waals surface area contributed by atoms with Crippen molar-refractivity contribution in [1.29, 1.82) is 5.26 Å². The standard InChI is InChI=1S/C18H31NO/c1-2-15-5-7-16(8-6-15)4-3-13-20-18-11-9-17(14-19)10-12-18/h15-18H,2-13H2,1H3/t15-,16-,17-,18-. The molecule has 0 aromatic rings. The summed E-state index contributed by atoms with van der Waals surface area (Å²) < 4.78 is 6.00. The van der Waals surface area contributed by atoms with Gasteiger partial charge in [0.2, 0.25) is 0 Å². The smallest absolute Gasteiger partial charge is 0.0655 e. The average Bonchev–Trinajstić information content (AvgIpc) is 2.53. The molecular weight excluding hydrogens is 246 g/mol. The lowest BCUT2D eigenvalue weighted by Crippen LogP contribution is -2.22. The van der Waals surface area contributed by atoms with E-state index in [1.54, 1.807) is 0 Å². The van der Waals surface area contributed by atoms with Crippen molar-refractivity contribution in [2.75, 3.05) is 6.61 Å². The summed E-state index contributed by atoms with van der Waals surface area (Å²) in [6.07, 6.45) is 14.5. The van der Waals surface area contributed by atoms with Crippen LogP contribution in [0, 0.1) is 29.1 Å². The highest BCUT2D eigenvalue weighted by atomic mass is 16.5. The van der Waals surface area contributed by atoms with Crippen molar-refractivity contribution < 1.29 is 4.74 Å². The first-order valence-electron chi connectivity index (χ1n) is 8.83. The summed E-state index contributed by atoms with van der Waals surface area (Å²) in [6, 6.07) is 2.39. The van der Waals surface area contributed by atoms with Crippen molar-refractivity contribution in [2.45, 2.75) is 83.7 Å². The lowest BCUT2D eigenvalue weighted by Gasteiger charge is -2.28. The van der Waals surface area contributed by atoms with E-state index in [1.807, 2.05) is 0 Å². The molecule has 0 N–H and O–H groups in total. The first kappa shape index (κ1) is 15.8. The SMILES string of the molecule is CC[C@H]1CC[C@H](CCCO[C@H]2CC[C@H](C#N)CC2)CC1. The lowest BCUT2D eigenvalue weighted by molar-refractivity contribution is 0.0187. The van der Waals surface area contributed by atoms with Gasteiger partial charge in [-0.05, 0) is 50.4 Å². The van der Waals surface area contributed by atoms with Crippen molar-refractivity contribution in [3.8, 4) is 6.07 Å². The van der Waals surface area contributed by atoms with E-state index in [-0.39, 0.29) is 0 Å². The second kappa shape index (κ2) is 8.67. The molecule has 2 rings (SSSR count). The first-order chi connectivity index (χ1) is 9.81. The normalized spacial score (nSPS) is 34.6. The molecule has 2 saturated carbocycles. The number of nitriles is 1. The topological polar surface area (TPSA) is 33.0 Å². The fourth-order valence-electron chi connectivity index (χ4n) is 3.91. The Bertz CT molecular complexity index is 293. The molecule has 20 heavy (non-hydrogen) atoms. The molecule has 0 heterocycles. The molecule has 0 aliphatic heterocycles. The van der Waals surface area contributed by atoms with E-state index in [9.17, 15) is 0 Å². The molecule has 114 valence electrons. The van der Waals surface area contributed by atoms with Crippen molar-refractivity contribution >= 4 is 0 Å². The molecule has 0 atom stereocenters. The van der Waals surface area contributed by atoms with Gasteiger partial charge in [-0.2, -0.15) is 5.26 Å². The maximum Gasteiger partial charge on any atom is 0.0655 e. The average molecular weight is 277 g/mol. The van der Waals surface area contributed by atoms with E-state index in [2.05, 4.69) is 13.0 Å². The van der Waals surface area contributed by atoms with E-state index in [0.29, 0.717) is 12.0 Å². The van der Waals surface area contributed by atoms with Crippen molar-refractivity contribution in [1.82, 2.24) is 0 Å². The number of hydrogen-bond acceptors (Lipinski definition) is 2. The van der Waals surface area contributed by atoms with E-state index >= 15 is 0 Å². The molecule has 2 heteroatoms. The summed E-state index contributed by atoms with van der Waals surface area (Å²) in [7, 11) is 0. The van der Waals surface area contributed by atoms with Crippen LogP contribution < -0.4 is 0 Å². The summed E-state index contributed by atoms with van der Waals surface area (Å²) in [5, 5.41) is 8.88. The summed E-state index contributed by atoms with van der Waals surface area (Å²) >= 11 is 0. The minimum Gasteiger partial charge on any atom is -0.378 e. The van der Waals surface area contributed by atoms with Crippen LogP contribution >= 0.6 is 0 Å². The molecule has 0 unspecified atom stereocenters. The van der Waals surface area contributed by atoms with Gasteiger partial charge in [-0.1, -0.05) is 39.0 Å². The molecule has 0 radical (unpaired) electrons. The third kappa shape index (κ3) is 5.09. The van der Waals surface area contributed by atoms with Gasteiger partial charge in [0.25, 0.3) is 0 Å². The summed E-state index contributed by atoms with van der Waals surface area (Å²) in [5.41, 5.74) is 0. The van der Waals surface area contributed by atoms with E-state index in [1.165, 1.54) is 44.9 Å². The fourth-order valence-corrected chi connectivity index (χ4v) is 3.91. The van der Waals surface area contributed by atoms with Crippen LogP contribution in [-0.4, -0.2) is 12.7 Å². The number of nitrogens with zero attached hydrogens (tertiary/aromatic N) is 1. The van der Waals surface area contributed by atoms with Crippen LogP contribution in [0.2, 0.25) is 0 Å². The lowest BCUT2D eigenvalue weighted by atomic mass is 9.79. The largest absolute Gasteiger partial charge is 0.378 e. The first-order valence-corrected chi connectivity index (χ1v) is 8.83. The minimum absolute atomic E-state index is 0.295. The van der Waals surface area contributed by atoms with Gasteiger partial charge < -0.3 is 4.74 Å². The third-order valence-electron chi connectivity index (χ3n) is 5.51. The van der Waals surface area contributed by atoms with Crippen LogP contribution in [0.5, 0.6) is 0 Å². The van der Waals surface area contributed by atoms with Crippen LogP contribution in [0.4, 0.5) is 0 Å². The minimum atomic E-state index is 0.295. The van der Waals surface area contributed by atoms with E-state index in [0.717, 1.165) is 44.1 Å². The highest BCUT2D eigenvalue weighted by Crippen LogP contribution is 2.33. The molecule has 0 amide bonds. The van der Waals surface area contributed by atoms with Crippen LogP contribution in [0.25, 0.3) is 0 Å². The predicted octanol–water partition coefficient (Wildman–Crippen LogP) is 5.08. The predicted molar refractivity (Wildman–Crippen MR) is 82.3 cm³/mol. The Morgan fingerprint density at radius 2 is 1.60 bits per heavy atom. The van der Waals surface area contributed by atoms with Crippen LogP contribution in [-0.2, 0) is 4.74 Å². The van der Waals surface area contributed by atoms with Crippen LogP contribution in [0.3, 0.4) is 0 Å². The molecule has 0 saturated heterocycles. The fraction of sp³-hybridized carbons (Fsp3) is 0.944. The highest BCUT2D eigenvalue weighted by molar-refractivity contribution is 4.87. The Morgan fingerprint density at radius 3 is 2.20 bits per heavy atom. The summed E-state index contributed by atoms with van der Waals surface area (Å²) in [5.74, 6) is 2.28. The quantitative estimate of drug-likeness (QED) is 0.634. The van der Waals surface area contributed by atoms with Gasteiger partial charge >= 0.3 is 0 Å². The summed E-state index contributed by atoms with van der Waals surface area (Å²) in [6.45, 7) is 3.27. The van der Waals surface area contributed by atoms with Crippen LogP contribution in [0.15, 0.2) is 0 Å². The van der Waals surface area contributed by atoms with E-state index < -0.39 is 0 Å².